The van der Waals surface area contributed by atoms with Gasteiger partial charge in [-0.1, -0.05) is 30.9 Å². The van der Waals surface area contributed by atoms with E-state index in [-0.39, 0.29) is 24.1 Å². The predicted molar refractivity (Wildman–Crippen MR) is 124 cm³/mol. The second kappa shape index (κ2) is 8.87. The molecule has 32 heavy (non-hydrogen) atoms. The Hall–Kier alpha value is -2.99. The lowest BCUT2D eigenvalue weighted by Crippen LogP contribution is -2.42. The lowest BCUT2D eigenvalue weighted by atomic mass is 9.93. The van der Waals surface area contributed by atoms with Crippen molar-refractivity contribution in [2.45, 2.75) is 44.7 Å². The van der Waals surface area contributed by atoms with Crippen molar-refractivity contribution in [1.29, 1.82) is 0 Å². The van der Waals surface area contributed by atoms with E-state index in [1.807, 2.05) is 17.0 Å². The maximum atomic E-state index is 13.5. The molecule has 1 N–H and O–H groups in total. The molecule has 7 heteroatoms. The summed E-state index contributed by atoms with van der Waals surface area (Å²) in [4.78, 5) is 31.2. The van der Waals surface area contributed by atoms with Crippen LogP contribution >= 0.6 is 11.6 Å². The van der Waals surface area contributed by atoms with Crippen LogP contribution in [0.25, 0.3) is 10.9 Å². The summed E-state index contributed by atoms with van der Waals surface area (Å²) in [6.45, 7) is 1.25. The monoisotopic (exact) mass is 452 g/mol. The minimum absolute atomic E-state index is 0.0739. The standard InChI is InChI=1S/C25H25ClN2O4/c26-19-8-6-16(7-9-19)25(30)28(20-4-2-1-3-5-20)15-18-12-17-13-22-23(32-11-10-31-22)14-21(17)27-24(18)29/h6-9,12-14,20H,1-5,10-11,15H2,(H,27,29). The Morgan fingerprint density at radius 1 is 1.00 bits per heavy atom. The Morgan fingerprint density at radius 3 is 2.41 bits per heavy atom. The van der Waals surface area contributed by atoms with Gasteiger partial charge in [0.15, 0.2) is 11.5 Å². The molecule has 0 spiro atoms. The number of fused-ring (bicyclic) bond motifs is 2. The third-order valence-corrected chi connectivity index (χ3v) is 6.54. The molecule has 6 nitrogen and oxygen atoms in total. The molecule has 1 aliphatic heterocycles. The van der Waals surface area contributed by atoms with E-state index in [0.717, 1.165) is 31.1 Å². The van der Waals surface area contributed by atoms with Crippen molar-refractivity contribution in [2.24, 2.45) is 0 Å². The second-order valence-corrected chi connectivity index (χ2v) is 8.88. The first-order valence-electron chi connectivity index (χ1n) is 11.1. The van der Waals surface area contributed by atoms with Gasteiger partial charge in [0, 0.05) is 33.6 Å². The molecule has 0 atom stereocenters. The zero-order valence-corrected chi connectivity index (χ0v) is 18.5. The minimum Gasteiger partial charge on any atom is -0.486 e. The summed E-state index contributed by atoms with van der Waals surface area (Å²) in [6, 6.07) is 12.6. The van der Waals surface area contributed by atoms with Crippen LogP contribution in [0.5, 0.6) is 11.5 Å². The van der Waals surface area contributed by atoms with Crippen molar-refractivity contribution in [1.82, 2.24) is 9.88 Å². The summed E-state index contributed by atoms with van der Waals surface area (Å²) in [5.74, 6) is 1.23. The summed E-state index contributed by atoms with van der Waals surface area (Å²) in [7, 11) is 0. The van der Waals surface area contributed by atoms with Gasteiger partial charge in [-0.05, 0) is 49.2 Å². The van der Waals surface area contributed by atoms with Gasteiger partial charge in [-0.3, -0.25) is 9.59 Å². The fourth-order valence-corrected chi connectivity index (χ4v) is 4.73. The SMILES string of the molecule is O=C(c1ccc(Cl)cc1)N(Cc1cc2cc3c(cc2[nH]c1=O)OCCO3)C1CCCCC1. The van der Waals surface area contributed by atoms with E-state index in [1.165, 1.54) is 6.42 Å². The van der Waals surface area contributed by atoms with Crippen molar-refractivity contribution in [3.63, 3.8) is 0 Å². The molecule has 1 fully saturated rings. The van der Waals surface area contributed by atoms with Gasteiger partial charge in [-0.15, -0.1) is 0 Å². The van der Waals surface area contributed by atoms with E-state index >= 15 is 0 Å². The summed E-state index contributed by atoms with van der Waals surface area (Å²) in [6.07, 6.45) is 5.26. The van der Waals surface area contributed by atoms with Crippen LogP contribution in [-0.4, -0.2) is 35.0 Å². The highest BCUT2D eigenvalue weighted by atomic mass is 35.5. The topological polar surface area (TPSA) is 71.6 Å². The fraction of sp³-hybridized carbons (Fsp3) is 0.360. The molecule has 0 bridgehead atoms. The van der Waals surface area contributed by atoms with Crippen LogP contribution in [0.3, 0.4) is 0 Å². The molecule has 0 unspecified atom stereocenters. The molecule has 0 saturated heterocycles. The highest BCUT2D eigenvalue weighted by molar-refractivity contribution is 6.30. The van der Waals surface area contributed by atoms with Crippen LogP contribution in [0.1, 0.15) is 48.0 Å². The average molecular weight is 453 g/mol. The Morgan fingerprint density at radius 2 is 1.69 bits per heavy atom. The van der Waals surface area contributed by atoms with Gasteiger partial charge in [-0.25, -0.2) is 0 Å². The van der Waals surface area contributed by atoms with E-state index in [0.29, 0.717) is 46.4 Å². The molecule has 1 aliphatic carbocycles. The maximum absolute atomic E-state index is 13.5. The number of nitrogens with zero attached hydrogens (tertiary/aromatic N) is 1. The number of pyridine rings is 1. The number of aromatic nitrogens is 1. The number of hydrogen-bond donors (Lipinski definition) is 1. The quantitative estimate of drug-likeness (QED) is 0.609. The Bertz CT molecular complexity index is 1200. The number of carbonyl (C=O) groups is 1. The van der Waals surface area contributed by atoms with Crippen molar-refractivity contribution >= 4 is 28.4 Å². The molecule has 2 heterocycles. The molecule has 1 aromatic heterocycles. The normalized spacial score (nSPS) is 16.2. The van der Waals surface area contributed by atoms with Crippen molar-refractivity contribution in [3.8, 4) is 11.5 Å². The number of benzene rings is 2. The van der Waals surface area contributed by atoms with Crippen LogP contribution in [-0.2, 0) is 6.54 Å². The lowest BCUT2D eigenvalue weighted by Gasteiger charge is -2.34. The first kappa shape index (κ1) is 20.9. The molecular formula is C25H25ClN2O4. The highest BCUT2D eigenvalue weighted by Gasteiger charge is 2.27. The third kappa shape index (κ3) is 4.19. The summed E-state index contributed by atoms with van der Waals surface area (Å²) in [5.41, 5.74) is 1.63. The van der Waals surface area contributed by atoms with Gasteiger partial charge < -0.3 is 19.4 Å². The summed E-state index contributed by atoms with van der Waals surface area (Å²) < 4.78 is 11.3. The van der Waals surface area contributed by atoms with Crippen molar-refractivity contribution in [3.05, 3.63) is 69.0 Å². The molecule has 1 amide bonds. The number of H-pyrrole nitrogens is 1. The second-order valence-electron chi connectivity index (χ2n) is 8.44. The lowest BCUT2D eigenvalue weighted by molar-refractivity contribution is 0.0613. The van der Waals surface area contributed by atoms with E-state index in [9.17, 15) is 9.59 Å². The number of halogens is 1. The number of amides is 1. The molecule has 3 aromatic rings. The van der Waals surface area contributed by atoms with Crippen molar-refractivity contribution in [2.75, 3.05) is 13.2 Å². The molecule has 1 saturated carbocycles. The fourth-order valence-electron chi connectivity index (χ4n) is 4.61. The van der Waals surface area contributed by atoms with Gasteiger partial charge in [0.25, 0.3) is 11.5 Å². The summed E-state index contributed by atoms with van der Waals surface area (Å²) in [5, 5.41) is 1.44. The highest BCUT2D eigenvalue weighted by Crippen LogP contribution is 2.34. The zero-order valence-electron chi connectivity index (χ0n) is 17.7. The zero-order chi connectivity index (χ0) is 22.1. The number of rotatable bonds is 4. The van der Waals surface area contributed by atoms with Gasteiger partial charge in [0.05, 0.1) is 12.1 Å². The van der Waals surface area contributed by atoms with Gasteiger partial charge in [0.2, 0.25) is 0 Å². The Labute approximate surface area is 191 Å². The molecular weight excluding hydrogens is 428 g/mol. The molecule has 0 radical (unpaired) electrons. The van der Waals surface area contributed by atoms with Gasteiger partial charge >= 0.3 is 0 Å². The van der Waals surface area contributed by atoms with Crippen molar-refractivity contribution < 1.29 is 14.3 Å². The molecule has 5 rings (SSSR count). The van der Waals surface area contributed by atoms with Gasteiger partial charge in [-0.2, -0.15) is 0 Å². The van der Waals surface area contributed by atoms with E-state index in [4.69, 9.17) is 21.1 Å². The van der Waals surface area contributed by atoms with E-state index in [1.54, 1.807) is 30.3 Å². The molecule has 166 valence electrons. The maximum Gasteiger partial charge on any atom is 0.254 e. The Kier molecular flexibility index (Phi) is 5.79. The summed E-state index contributed by atoms with van der Waals surface area (Å²) >= 11 is 6.01. The van der Waals surface area contributed by atoms with Gasteiger partial charge in [0.1, 0.15) is 13.2 Å². The number of hydrogen-bond acceptors (Lipinski definition) is 4. The predicted octanol–water partition coefficient (Wildman–Crippen LogP) is 4.93. The first-order valence-corrected chi connectivity index (χ1v) is 11.5. The third-order valence-electron chi connectivity index (χ3n) is 6.29. The van der Waals surface area contributed by atoms with Crippen LogP contribution in [0.4, 0.5) is 0 Å². The number of ether oxygens (including phenoxy) is 2. The first-order chi connectivity index (χ1) is 15.6. The Balaban J connectivity index is 1.50. The van der Waals surface area contributed by atoms with E-state index < -0.39 is 0 Å². The minimum atomic E-state index is -0.195. The van der Waals surface area contributed by atoms with Crippen LogP contribution < -0.4 is 15.0 Å². The van der Waals surface area contributed by atoms with E-state index in [2.05, 4.69) is 4.98 Å². The number of aromatic amines is 1. The molecule has 2 aliphatic rings. The smallest absolute Gasteiger partial charge is 0.254 e. The molecule has 2 aromatic carbocycles. The number of carbonyl (C=O) groups excluding carboxylic acids is 1. The average Bonchev–Trinajstić information content (AvgIpc) is 2.82. The van der Waals surface area contributed by atoms with Crippen LogP contribution in [0.2, 0.25) is 5.02 Å². The largest absolute Gasteiger partial charge is 0.486 e. The number of nitrogens with one attached hydrogen (secondary N) is 1. The van der Waals surface area contributed by atoms with Crippen LogP contribution in [0.15, 0.2) is 47.3 Å². The van der Waals surface area contributed by atoms with Crippen LogP contribution in [0, 0.1) is 0 Å².